The minimum Gasteiger partial charge on any atom is -0.325 e. The van der Waals surface area contributed by atoms with E-state index in [4.69, 9.17) is 11.6 Å². The number of rotatable bonds is 3. The van der Waals surface area contributed by atoms with Crippen LogP contribution in [0.2, 0.25) is 0 Å². The molecule has 1 aromatic heterocycles. The number of sulfone groups is 1. The molecule has 0 N–H and O–H groups in total. The van der Waals surface area contributed by atoms with Crippen molar-refractivity contribution in [1.82, 2.24) is 9.55 Å². The molecular weight excluding hydrogens is 376 g/mol. The summed E-state index contributed by atoms with van der Waals surface area (Å²) in [4.78, 5) is 4.57. The molecule has 0 radical (unpaired) electrons. The topological polar surface area (TPSA) is 52.0 Å². The van der Waals surface area contributed by atoms with Crippen LogP contribution >= 0.6 is 27.5 Å². The Morgan fingerprint density at radius 2 is 2.29 bits per heavy atom. The van der Waals surface area contributed by atoms with E-state index in [1.54, 1.807) is 0 Å². The molecule has 2 atom stereocenters. The van der Waals surface area contributed by atoms with Crippen molar-refractivity contribution in [2.45, 2.75) is 36.9 Å². The average Bonchev–Trinajstić information content (AvgIpc) is 2.91. The van der Waals surface area contributed by atoms with Gasteiger partial charge in [-0.05, 0) is 38.0 Å². The van der Waals surface area contributed by atoms with Crippen molar-refractivity contribution in [2.75, 3.05) is 5.75 Å². The van der Waals surface area contributed by atoms with Gasteiger partial charge in [0.15, 0.2) is 9.84 Å². The number of alkyl halides is 1. The smallest absolute Gasteiger partial charge is 0.154 e. The van der Waals surface area contributed by atoms with Crippen molar-refractivity contribution < 1.29 is 8.42 Å². The Morgan fingerprint density at radius 1 is 1.52 bits per heavy atom. The van der Waals surface area contributed by atoms with E-state index in [1.807, 2.05) is 29.7 Å². The fourth-order valence-corrected chi connectivity index (χ4v) is 5.20. The van der Waals surface area contributed by atoms with Crippen LogP contribution in [0.15, 0.2) is 22.7 Å². The van der Waals surface area contributed by atoms with Crippen molar-refractivity contribution >= 4 is 48.4 Å². The lowest BCUT2D eigenvalue weighted by molar-refractivity contribution is 0.562. The average molecular weight is 392 g/mol. The van der Waals surface area contributed by atoms with Gasteiger partial charge in [0.05, 0.1) is 27.4 Å². The summed E-state index contributed by atoms with van der Waals surface area (Å²) in [6.45, 7) is 2.30. The third-order valence-corrected chi connectivity index (χ3v) is 6.89. The van der Waals surface area contributed by atoms with Crippen LogP contribution in [0.3, 0.4) is 0 Å². The number of imidazole rings is 1. The van der Waals surface area contributed by atoms with Gasteiger partial charge in [0, 0.05) is 11.0 Å². The molecule has 1 saturated heterocycles. The summed E-state index contributed by atoms with van der Waals surface area (Å²) < 4.78 is 27.1. The van der Waals surface area contributed by atoms with Crippen LogP contribution in [0.25, 0.3) is 11.0 Å². The first-order valence-electron chi connectivity index (χ1n) is 6.90. The van der Waals surface area contributed by atoms with Crippen molar-refractivity contribution in [3.8, 4) is 0 Å². The van der Waals surface area contributed by atoms with Crippen LogP contribution in [-0.2, 0) is 16.4 Å². The van der Waals surface area contributed by atoms with Crippen molar-refractivity contribution in [1.29, 1.82) is 0 Å². The molecule has 1 aliphatic heterocycles. The Bertz CT molecular complexity index is 786. The number of aromatic nitrogens is 2. The molecular formula is C14H16BrClN2O2S. The third kappa shape index (κ3) is 2.85. The number of hydrogen-bond donors (Lipinski definition) is 0. The Kier molecular flexibility index (Phi) is 4.05. The Hall–Kier alpha value is -0.590. The summed E-state index contributed by atoms with van der Waals surface area (Å²) in [5, 5.41) is -0.590. The van der Waals surface area contributed by atoms with Gasteiger partial charge in [0.2, 0.25) is 0 Å². The zero-order chi connectivity index (χ0) is 15.2. The number of halogens is 2. The monoisotopic (exact) mass is 390 g/mol. The number of fused-ring (bicyclic) bond motifs is 1. The molecule has 0 spiro atoms. The van der Waals surface area contributed by atoms with Crippen LogP contribution in [-0.4, -0.2) is 29.0 Å². The maximum Gasteiger partial charge on any atom is 0.154 e. The number of benzene rings is 1. The minimum absolute atomic E-state index is 0.264. The Morgan fingerprint density at radius 3 is 2.90 bits per heavy atom. The molecule has 0 bridgehead atoms. The first kappa shape index (κ1) is 15.3. The van der Waals surface area contributed by atoms with E-state index in [2.05, 4.69) is 20.9 Å². The normalized spacial score (nSPS) is 22.7. The van der Waals surface area contributed by atoms with Gasteiger partial charge in [0.25, 0.3) is 0 Å². The molecule has 4 nitrogen and oxygen atoms in total. The predicted molar refractivity (Wildman–Crippen MR) is 88.5 cm³/mol. The SMILES string of the molecule is CC(Cl)c1nc2cc(Br)ccc2n1CC1CCCS1(=O)=O. The van der Waals surface area contributed by atoms with E-state index in [1.165, 1.54) is 0 Å². The fraction of sp³-hybridized carbons (Fsp3) is 0.500. The van der Waals surface area contributed by atoms with Crippen molar-refractivity contribution in [2.24, 2.45) is 0 Å². The van der Waals surface area contributed by atoms with E-state index >= 15 is 0 Å². The highest BCUT2D eigenvalue weighted by Gasteiger charge is 2.32. The van der Waals surface area contributed by atoms with Crippen LogP contribution < -0.4 is 0 Å². The zero-order valence-corrected chi connectivity index (χ0v) is 14.7. The largest absolute Gasteiger partial charge is 0.325 e. The van der Waals surface area contributed by atoms with Gasteiger partial charge in [0.1, 0.15) is 5.82 Å². The molecule has 1 fully saturated rings. The lowest BCUT2D eigenvalue weighted by atomic mass is 10.2. The highest BCUT2D eigenvalue weighted by Crippen LogP contribution is 2.29. The van der Waals surface area contributed by atoms with E-state index in [0.29, 0.717) is 18.7 Å². The minimum atomic E-state index is -2.98. The maximum absolute atomic E-state index is 12.1. The molecule has 7 heteroatoms. The standard InChI is InChI=1S/C14H16BrClN2O2S/c1-9(16)14-17-12-7-10(15)4-5-13(12)18(14)8-11-3-2-6-21(11,19)20/h4-5,7,9,11H,2-3,6,8H2,1H3. The van der Waals surface area contributed by atoms with E-state index < -0.39 is 9.84 Å². The van der Waals surface area contributed by atoms with Gasteiger partial charge in [-0.15, -0.1) is 11.6 Å². The maximum atomic E-state index is 12.1. The molecule has 3 rings (SSSR count). The second-order valence-electron chi connectivity index (χ2n) is 5.46. The molecule has 0 aliphatic carbocycles. The van der Waals surface area contributed by atoms with Gasteiger partial charge in [-0.25, -0.2) is 13.4 Å². The molecule has 1 aromatic carbocycles. The molecule has 21 heavy (non-hydrogen) atoms. The lowest BCUT2D eigenvalue weighted by Gasteiger charge is -2.15. The van der Waals surface area contributed by atoms with Crippen molar-refractivity contribution in [3.63, 3.8) is 0 Å². The summed E-state index contributed by atoms with van der Waals surface area (Å²) in [7, 11) is -2.98. The van der Waals surface area contributed by atoms with E-state index in [9.17, 15) is 8.42 Å². The predicted octanol–water partition coefficient (Wildman–Crippen LogP) is 3.68. The van der Waals surface area contributed by atoms with Crippen LogP contribution in [0.5, 0.6) is 0 Å². The summed E-state index contributed by atoms with van der Waals surface area (Å²) in [6.07, 6.45) is 1.46. The zero-order valence-electron chi connectivity index (χ0n) is 11.6. The molecule has 2 unspecified atom stereocenters. The van der Waals surface area contributed by atoms with Gasteiger partial charge in [-0.1, -0.05) is 15.9 Å². The van der Waals surface area contributed by atoms with E-state index in [-0.39, 0.29) is 10.6 Å². The molecule has 2 aromatic rings. The van der Waals surface area contributed by atoms with E-state index in [0.717, 1.165) is 27.8 Å². The summed E-state index contributed by atoms with van der Waals surface area (Å²) in [5.41, 5.74) is 1.77. The Labute approximate surface area is 137 Å². The second-order valence-corrected chi connectivity index (χ2v) is 9.43. The third-order valence-electron chi connectivity index (χ3n) is 3.94. The van der Waals surface area contributed by atoms with Gasteiger partial charge < -0.3 is 4.57 Å². The summed E-state index contributed by atoms with van der Waals surface area (Å²) in [6, 6.07) is 5.82. The van der Waals surface area contributed by atoms with Crippen LogP contribution in [0.1, 0.15) is 31.0 Å². The molecule has 114 valence electrons. The Balaban J connectivity index is 2.09. The summed E-state index contributed by atoms with van der Waals surface area (Å²) >= 11 is 9.66. The molecule has 0 saturated carbocycles. The molecule has 0 amide bonds. The first-order chi connectivity index (χ1) is 9.88. The molecule has 2 heterocycles. The number of hydrogen-bond acceptors (Lipinski definition) is 3. The van der Waals surface area contributed by atoms with Gasteiger partial charge >= 0.3 is 0 Å². The number of nitrogens with zero attached hydrogens (tertiary/aromatic N) is 2. The van der Waals surface area contributed by atoms with Crippen LogP contribution in [0, 0.1) is 0 Å². The highest BCUT2D eigenvalue weighted by atomic mass is 79.9. The first-order valence-corrected chi connectivity index (χ1v) is 9.84. The highest BCUT2D eigenvalue weighted by molar-refractivity contribution is 9.10. The van der Waals surface area contributed by atoms with Gasteiger partial charge in [-0.2, -0.15) is 0 Å². The lowest BCUT2D eigenvalue weighted by Crippen LogP contribution is -2.23. The van der Waals surface area contributed by atoms with Crippen molar-refractivity contribution in [3.05, 3.63) is 28.5 Å². The summed E-state index contributed by atoms with van der Waals surface area (Å²) in [5.74, 6) is 1.02. The molecule has 1 aliphatic rings. The van der Waals surface area contributed by atoms with Crippen LogP contribution in [0.4, 0.5) is 0 Å². The second kappa shape index (κ2) is 5.56. The quantitative estimate of drug-likeness (QED) is 0.750. The van der Waals surface area contributed by atoms with Gasteiger partial charge in [-0.3, -0.25) is 0 Å². The fourth-order valence-electron chi connectivity index (χ4n) is 2.88.